The van der Waals surface area contributed by atoms with Gasteiger partial charge in [0.05, 0.1) is 0 Å². The molecule has 1 aromatic heterocycles. The number of pyridine rings is 1. The van der Waals surface area contributed by atoms with E-state index >= 15 is 0 Å². The lowest BCUT2D eigenvalue weighted by molar-refractivity contribution is -0.137. The number of carbonyl (C=O) groups excluding carboxylic acids is 1. The molecule has 2 heterocycles. The molecule has 0 unspecified atom stereocenters. The molecule has 1 fully saturated rings. The second-order valence-corrected chi connectivity index (χ2v) is 3.76. The fraction of sp³-hybridized carbons (Fsp3) is 0.273. The van der Waals surface area contributed by atoms with Gasteiger partial charge in [-0.2, -0.15) is 5.26 Å². The Balaban J connectivity index is 2.18. The molecule has 0 aliphatic carbocycles. The largest absolute Gasteiger partial charge is 0.480 e. The van der Waals surface area contributed by atoms with Gasteiger partial charge in [-0.15, -0.1) is 0 Å². The van der Waals surface area contributed by atoms with Gasteiger partial charge in [0.15, 0.2) is 0 Å². The van der Waals surface area contributed by atoms with Crippen LogP contribution in [0.2, 0.25) is 0 Å². The minimum atomic E-state index is -1.04. The van der Waals surface area contributed by atoms with Gasteiger partial charge in [-0.1, -0.05) is 0 Å². The number of anilines is 1. The molecule has 92 valence electrons. The number of urea groups is 1. The Labute approximate surface area is 103 Å². The van der Waals surface area contributed by atoms with E-state index in [0.717, 1.165) is 0 Å². The predicted octanol–water partition coefficient (Wildman–Crippen LogP) is 0.280. The first-order valence-corrected chi connectivity index (χ1v) is 5.26. The second-order valence-electron chi connectivity index (χ2n) is 3.76. The summed E-state index contributed by atoms with van der Waals surface area (Å²) in [5.41, 5.74) is 0.774. The molecule has 0 aromatic carbocycles. The molecule has 1 saturated heterocycles. The van der Waals surface area contributed by atoms with Gasteiger partial charge in [-0.05, 0) is 12.1 Å². The van der Waals surface area contributed by atoms with Gasteiger partial charge in [-0.25, -0.2) is 9.78 Å². The van der Waals surface area contributed by atoms with E-state index in [9.17, 15) is 9.59 Å². The average molecular weight is 246 g/mol. The first-order chi connectivity index (χ1) is 8.61. The molecule has 7 nitrogen and oxygen atoms in total. The first kappa shape index (κ1) is 11.9. The molecule has 0 spiro atoms. The predicted molar refractivity (Wildman–Crippen MR) is 60.9 cm³/mol. The minimum Gasteiger partial charge on any atom is -0.480 e. The van der Waals surface area contributed by atoms with Crippen LogP contribution in [0.3, 0.4) is 0 Å². The van der Waals surface area contributed by atoms with E-state index in [1.807, 2.05) is 6.07 Å². The first-order valence-electron chi connectivity index (χ1n) is 5.26. The summed E-state index contributed by atoms with van der Waals surface area (Å²) in [5, 5.41) is 17.4. The van der Waals surface area contributed by atoms with E-state index in [2.05, 4.69) is 4.98 Å². The monoisotopic (exact) mass is 246 g/mol. The van der Waals surface area contributed by atoms with Crippen molar-refractivity contribution in [2.24, 2.45) is 0 Å². The highest BCUT2D eigenvalue weighted by Gasteiger charge is 2.30. The van der Waals surface area contributed by atoms with Crippen LogP contribution in [0, 0.1) is 11.3 Å². The van der Waals surface area contributed by atoms with Crippen molar-refractivity contribution in [2.45, 2.75) is 0 Å². The van der Waals surface area contributed by atoms with Gasteiger partial charge in [0.25, 0.3) is 0 Å². The summed E-state index contributed by atoms with van der Waals surface area (Å²) in [6, 6.07) is 4.64. The zero-order chi connectivity index (χ0) is 13.1. The van der Waals surface area contributed by atoms with E-state index in [1.165, 1.54) is 22.1 Å². The van der Waals surface area contributed by atoms with Crippen LogP contribution in [0.15, 0.2) is 18.3 Å². The van der Waals surface area contributed by atoms with Crippen LogP contribution in [-0.2, 0) is 4.79 Å². The summed E-state index contributed by atoms with van der Waals surface area (Å²) >= 11 is 0. The van der Waals surface area contributed by atoms with Gasteiger partial charge in [0.2, 0.25) is 0 Å². The van der Waals surface area contributed by atoms with Gasteiger partial charge < -0.3 is 10.0 Å². The Hall–Kier alpha value is -2.62. The lowest BCUT2D eigenvalue weighted by atomic mass is 10.3. The Bertz CT molecular complexity index is 537. The fourth-order valence-corrected chi connectivity index (χ4v) is 1.78. The van der Waals surface area contributed by atoms with Crippen LogP contribution in [0.4, 0.5) is 10.5 Å². The van der Waals surface area contributed by atoms with Crippen LogP contribution in [-0.4, -0.2) is 46.6 Å². The van der Waals surface area contributed by atoms with E-state index < -0.39 is 5.97 Å². The second kappa shape index (κ2) is 4.71. The van der Waals surface area contributed by atoms with Crippen molar-refractivity contribution in [1.29, 1.82) is 5.26 Å². The lowest BCUT2D eigenvalue weighted by Gasteiger charge is -2.17. The Morgan fingerprint density at radius 3 is 3.00 bits per heavy atom. The van der Waals surface area contributed by atoms with Gasteiger partial charge in [0, 0.05) is 25.0 Å². The highest BCUT2D eigenvalue weighted by Crippen LogP contribution is 2.20. The Morgan fingerprint density at radius 2 is 2.33 bits per heavy atom. The number of nitriles is 1. The van der Waals surface area contributed by atoms with Crippen LogP contribution in [0.5, 0.6) is 0 Å². The standard InChI is InChI=1S/C11H10N4O3/c12-6-8-5-9(1-2-13-8)15-4-3-14(11(15)18)7-10(16)17/h1-2,5H,3-4,7H2,(H,16,17). The summed E-state index contributed by atoms with van der Waals surface area (Å²) in [5.74, 6) is -1.04. The zero-order valence-corrected chi connectivity index (χ0v) is 9.41. The van der Waals surface area contributed by atoms with E-state index in [4.69, 9.17) is 10.4 Å². The third-order valence-corrected chi connectivity index (χ3v) is 2.59. The number of aliphatic carboxylic acids is 1. The van der Waals surface area contributed by atoms with Crippen LogP contribution < -0.4 is 4.90 Å². The fourth-order valence-electron chi connectivity index (χ4n) is 1.78. The molecular formula is C11H10N4O3. The normalized spacial score (nSPS) is 14.7. The molecule has 0 atom stereocenters. The lowest BCUT2D eigenvalue weighted by Crippen LogP contribution is -2.35. The number of carboxylic acid groups (broad SMARTS) is 1. The molecule has 18 heavy (non-hydrogen) atoms. The highest BCUT2D eigenvalue weighted by atomic mass is 16.4. The summed E-state index contributed by atoms with van der Waals surface area (Å²) < 4.78 is 0. The Kier molecular flexibility index (Phi) is 3.10. The minimum absolute atomic E-state index is 0.219. The molecule has 0 bridgehead atoms. The number of amides is 2. The van der Waals surface area contributed by atoms with Crippen LogP contribution >= 0.6 is 0 Å². The van der Waals surface area contributed by atoms with Gasteiger partial charge in [-0.3, -0.25) is 9.69 Å². The smallest absolute Gasteiger partial charge is 0.325 e. The SMILES string of the molecule is N#Cc1cc(N2CCN(CC(=O)O)C2=O)ccn1. The Morgan fingerprint density at radius 1 is 1.56 bits per heavy atom. The van der Waals surface area contributed by atoms with Crippen molar-refractivity contribution in [2.75, 3.05) is 24.5 Å². The molecule has 1 aliphatic heterocycles. The van der Waals surface area contributed by atoms with Crippen molar-refractivity contribution in [1.82, 2.24) is 9.88 Å². The van der Waals surface area contributed by atoms with Gasteiger partial charge >= 0.3 is 12.0 Å². The van der Waals surface area contributed by atoms with Crippen molar-refractivity contribution in [3.05, 3.63) is 24.0 Å². The van der Waals surface area contributed by atoms with Crippen LogP contribution in [0.25, 0.3) is 0 Å². The molecule has 7 heteroatoms. The summed E-state index contributed by atoms with van der Waals surface area (Å²) in [7, 11) is 0. The molecule has 2 rings (SSSR count). The number of hydrogen-bond donors (Lipinski definition) is 1. The third kappa shape index (κ3) is 2.22. The molecule has 1 aromatic rings. The third-order valence-electron chi connectivity index (χ3n) is 2.59. The molecule has 0 radical (unpaired) electrons. The number of hydrogen-bond acceptors (Lipinski definition) is 4. The zero-order valence-electron chi connectivity index (χ0n) is 9.41. The molecule has 0 saturated carbocycles. The maximum Gasteiger partial charge on any atom is 0.325 e. The van der Waals surface area contributed by atoms with Gasteiger partial charge in [0.1, 0.15) is 18.3 Å². The number of carbonyl (C=O) groups is 2. The summed E-state index contributed by atoms with van der Waals surface area (Å²) in [4.78, 5) is 29.0. The molecule has 1 aliphatic rings. The van der Waals surface area contributed by atoms with Crippen LogP contribution in [0.1, 0.15) is 5.69 Å². The van der Waals surface area contributed by atoms with Crippen molar-refractivity contribution >= 4 is 17.7 Å². The van der Waals surface area contributed by atoms with Crippen molar-refractivity contribution in [3.63, 3.8) is 0 Å². The van der Waals surface area contributed by atoms with Crippen molar-refractivity contribution in [3.8, 4) is 6.07 Å². The maximum absolute atomic E-state index is 11.9. The number of carboxylic acids is 1. The number of aromatic nitrogens is 1. The quantitative estimate of drug-likeness (QED) is 0.826. The number of rotatable bonds is 3. The molecule has 1 N–H and O–H groups in total. The van der Waals surface area contributed by atoms with Crippen molar-refractivity contribution < 1.29 is 14.7 Å². The molecule has 2 amide bonds. The highest BCUT2D eigenvalue weighted by molar-refractivity contribution is 5.95. The maximum atomic E-state index is 11.9. The summed E-state index contributed by atoms with van der Waals surface area (Å²) in [6.45, 7) is 0.446. The molecular weight excluding hydrogens is 236 g/mol. The average Bonchev–Trinajstić information content (AvgIpc) is 2.70. The van der Waals surface area contributed by atoms with E-state index in [1.54, 1.807) is 6.07 Å². The number of nitrogens with zero attached hydrogens (tertiary/aromatic N) is 4. The van der Waals surface area contributed by atoms with E-state index in [0.29, 0.717) is 18.8 Å². The summed E-state index contributed by atoms with van der Waals surface area (Å²) in [6.07, 6.45) is 1.45. The van der Waals surface area contributed by atoms with E-state index in [-0.39, 0.29) is 18.3 Å². The topological polar surface area (TPSA) is 97.5 Å².